The maximum Gasteiger partial charge on any atom is 0.0577 e. The molecule has 116 valence electrons. The van der Waals surface area contributed by atoms with Gasteiger partial charge in [0.15, 0.2) is 0 Å². The molecule has 3 aliphatic rings. The molecule has 0 amide bonds. The van der Waals surface area contributed by atoms with Gasteiger partial charge in [0.25, 0.3) is 0 Å². The lowest BCUT2D eigenvalue weighted by Crippen LogP contribution is -2.33. The van der Waals surface area contributed by atoms with Gasteiger partial charge in [0.1, 0.15) is 0 Å². The van der Waals surface area contributed by atoms with Gasteiger partial charge in [-0.2, -0.15) is 0 Å². The molecular formula is C18H32O2. The van der Waals surface area contributed by atoms with Crippen molar-refractivity contribution in [2.45, 2.75) is 84.3 Å². The summed E-state index contributed by atoms with van der Waals surface area (Å²) >= 11 is 0. The molecule has 0 heterocycles. The van der Waals surface area contributed by atoms with E-state index in [1.165, 1.54) is 25.7 Å². The molecule has 0 unspecified atom stereocenters. The highest BCUT2D eigenvalue weighted by molar-refractivity contribution is 5.09. The molecule has 2 heteroatoms. The van der Waals surface area contributed by atoms with Crippen LogP contribution < -0.4 is 0 Å². The molecule has 3 saturated carbocycles. The molecule has 2 bridgehead atoms. The SMILES string of the molecule is CC1(C)[C@@H]2CC[C@@]1(C)[C@H](CCOC1CCC(O)CC1)C2. The first kappa shape index (κ1) is 14.8. The van der Waals surface area contributed by atoms with Gasteiger partial charge in [-0.25, -0.2) is 0 Å². The molecule has 2 nitrogen and oxygen atoms in total. The van der Waals surface area contributed by atoms with Gasteiger partial charge < -0.3 is 9.84 Å². The van der Waals surface area contributed by atoms with Crippen LogP contribution in [0.4, 0.5) is 0 Å². The van der Waals surface area contributed by atoms with Crippen molar-refractivity contribution < 1.29 is 9.84 Å². The number of rotatable bonds is 4. The van der Waals surface area contributed by atoms with Gasteiger partial charge in [-0.3, -0.25) is 0 Å². The van der Waals surface area contributed by atoms with Gasteiger partial charge >= 0.3 is 0 Å². The van der Waals surface area contributed by atoms with Crippen LogP contribution in [0.5, 0.6) is 0 Å². The molecule has 1 N–H and O–H groups in total. The first-order valence-electron chi connectivity index (χ1n) is 8.73. The van der Waals surface area contributed by atoms with E-state index < -0.39 is 0 Å². The fourth-order valence-electron chi connectivity index (χ4n) is 5.39. The summed E-state index contributed by atoms with van der Waals surface area (Å²) in [6, 6.07) is 0. The number of aliphatic hydroxyl groups excluding tert-OH is 1. The summed E-state index contributed by atoms with van der Waals surface area (Å²) in [7, 11) is 0. The quantitative estimate of drug-likeness (QED) is 0.838. The Morgan fingerprint density at radius 3 is 2.30 bits per heavy atom. The Hall–Kier alpha value is -0.0800. The van der Waals surface area contributed by atoms with E-state index in [0.29, 0.717) is 16.9 Å². The number of hydrogen-bond donors (Lipinski definition) is 1. The Bertz CT molecular complexity index is 343. The zero-order valence-electron chi connectivity index (χ0n) is 13.5. The Morgan fingerprint density at radius 1 is 1.05 bits per heavy atom. The third kappa shape index (κ3) is 2.33. The van der Waals surface area contributed by atoms with E-state index in [9.17, 15) is 5.11 Å². The van der Waals surface area contributed by atoms with Gasteiger partial charge in [-0.1, -0.05) is 20.8 Å². The van der Waals surface area contributed by atoms with Gasteiger partial charge in [0.2, 0.25) is 0 Å². The molecule has 3 rings (SSSR count). The van der Waals surface area contributed by atoms with Gasteiger partial charge in [0, 0.05) is 6.61 Å². The van der Waals surface area contributed by atoms with E-state index in [1.54, 1.807) is 0 Å². The highest BCUT2D eigenvalue weighted by Gasteiger charge is 2.60. The molecule has 0 aromatic carbocycles. The van der Waals surface area contributed by atoms with Crippen molar-refractivity contribution in [3.63, 3.8) is 0 Å². The minimum atomic E-state index is -0.0693. The molecule has 3 atom stereocenters. The van der Waals surface area contributed by atoms with Crippen molar-refractivity contribution in [2.24, 2.45) is 22.7 Å². The molecule has 0 aliphatic heterocycles. The van der Waals surface area contributed by atoms with Crippen LogP contribution in [0.1, 0.15) is 72.1 Å². The maximum absolute atomic E-state index is 9.53. The summed E-state index contributed by atoms with van der Waals surface area (Å²) in [6.07, 6.45) is 9.85. The van der Waals surface area contributed by atoms with Crippen molar-refractivity contribution in [1.29, 1.82) is 0 Å². The maximum atomic E-state index is 9.53. The fourth-order valence-corrected chi connectivity index (χ4v) is 5.39. The summed E-state index contributed by atoms with van der Waals surface area (Å²) in [4.78, 5) is 0. The summed E-state index contributed by atoms with van der Waals surface area (Å²) in [6.45, 7) is 8.45. The van der Waals surface area contributed by atoms with E-state index in [2.05, 4.69) is 20.8 Å². The molecule has 0 aromatic heterocycles. The second kappa shape index (κ2) is 5.28. The molecule has 20 heavy (non-hydrogen) atoms. The summed E-state index contributed by atoms with van der Waals surface area (Å²) in [5.41, 5.74) is 1.08. The van der Waals surface area contributed by atoms with Crippen molar-refractivity contribution in [2.75, 3.05) is 6.61 Å². The molecule has 0 aromatic rings. The summed E-state index contributed by atoms with van der Waals surface area (Å²) < 4.78 is 6.10. The average Bonchev–Trinajstić information content (AvgIpc) is 2.74. The molecule has 0 saturated heterocycles. The lowest BCUT2D eigenvalue weighted by molar-refractivity contribution is -0.0167. The van der Waals surface area contributed by atoms with Crippen LogP contribution >= 0.6 is 0 Å². The Balaban J connectivity index is 1.46. The van der Waals surface area contributed by atoms with E-state index in [4.69, 9.17) is 4.74 Å². The largest absolute Gasteiger partial charge is 0.393 e. The van der Waals surface area contributed by atoms with Crippen molar-refractivity contribution in [1.82, 2.24) is 0 Å². The molecule has 0 spiro atoms. The molecule has 3 fully saturated rings. The van der Waals surface area contributed by atoms with Crippen LogP contribution in [0.25, 0.3) is 0 Å². The molecule has 0 radical (unpaired) electrons. The van der Waals surface area contributed by atoms with Crippen LogP contribution in [-0.2, 0) is 4.74 Å². The van der Waals surface area contributed by atoms with E-state index >= 15 is 0 Å². The number of fused-ring (bicyclic) bond motifs is 2. The highest BCUT2D eigenvalue weighted by atomic mass is 16.5. The van der Waals surface area contributed by atoms with Gasteiger partial charge in [0.05, 0.1) is 12.2 Å². The highest BCUT2D eigenvalue weighted by Crippen LogP contribution is 2.68. The monoisotopic (exact) mass is 280 g/mol. The van der Waals surface area contributed by atoms with Crippen molar-refractivity contribution >= 4 is 0 Å². The smallest absolute Gasteiger partial charge is 0.0577 e. The van der Waals surface area contributed by atoms with E-state index in [1.807, 2.05) is 0 Å². The average molecular weight is 280 g/mol. The Labute approximate surface area is 124 Å². The number of aliphatic hydroxyl groups is 1. The van der Waals surface area contributed by atoms with Crippen LogP contribution in [0.3, 0.4) is 0 Å². The van der Waals surface area contributed by atoms with Gasteiger partial charge in [-0.15, -0.1) is 0 Å². The zero-order chi connectivity index (χ0) is 14.4. The van der Waals surface area contributed by atoms with Crippen LogP contribution in [0, 0.1) is 22.7 Å². The van der Waals surface area contributed by atoms with E-state index in [-0.39, 0.29) is 6.10 Å². The first-order chi connectivity index (χ1) is 9.43. The number of hydrogen-bond acceptors (Lipinski definition) is 2. The predicted octanol–water partition coefficient (Wildman–Crippen LogP) is 4.16. The predicted molar refractivity (Wildman–Crippen MR) is 81.6 cm³/mol. The minimum absolute atomic E-state index is 0.0693. The Morgan fingerprint density at radius 2 is 1.75 bits per heavy atom. The molecular weight excluding hydrogens is 248 g/mol. The Kier molecular flexibility index (Phi) is 3.92. The zero-order valence-corrected chi connectivity index (χ0v) is 13.5. The topological polar surface area (TPSA) is 29.5 Å². The summed E-state index contributed by atoms with van der Waals surface area (Å²) in [5.74, 6) is 1.81. The van der Waals surface area contributed by atoms with Crippen molar-refractivity contribution in [3.05, 3.63) is 0 Å². The second-order valence-electron chi connectivity index (χ2n) is 8.40. The second-order valence-corrected chi connectivity index (χ2v) is 8.40. The van der Waals surface area contributed by atoms with Crippen LogP contribution in [0.2, 0.25) is 0 Å². The van der Waals surface area contributed by atoms with E-state index in [0.717, 1.165) is 44.1 Å². The van der Waals surface area contributed by atoms with Crippen molar-refractivity contribution in [3.8, 4) is 0 Å². The molecule has 3 aliphatic carbocycles. The third-order valence-corrected chi connectivity index (χ3v) is 7.44. The first-order valence-corrected chi connectivity index (χ1v) is 8.73. The van der Waals surface area contributed by atoms with Crippen LogP contribution in [0.15, 0.2) is 0 Å². The fraction of sp³-hybridized carbons (Fsp3) is 1.00. The summed E-state index contributed by atoms with van der Waals surface area (Å²) in [5, 5.41) is 9.53. The minimum Gasteiger partial charge on any atom is -0.393 e. The lowest BCUT2D eigenvalue weighted by Gasteiger charge is -2.39. The lowest BCUT2D eigenvalue weighted by atomic mass is 9.66. The third-order valence-electron chi connectivity index (χ3n) is 7.44. The van der Waals surface area contributed by atoms with Crippen LogP contribution in [-0.4, -0.2) is 23.9 Å². The van der Waals surface area contributed by atoms with Gasteiger partial charge in [-0.05, 0) is 74.0 Å². The normalized spacial score (nSPS) is 46.8. The standard InChI is InChI=1S/C18H32O2/c1-17(2)13-8-10-18(17,3)14(12-13)9-11-20-16-6-4-15(19)5-7-16/h13-16,19H,4-12H2,1-3H3/t13-,14-,15?,16?,18+/m1/s1. The number of ether oxygens (including phenoxy) is 1.